The van der Waals surface area contributed by atoms with Gasteiger partial charge in [0.2, 0.25) is 0 Å². The Balaban J connectivity index is 2.38. The van der Waals surface area contributed by atoms with E-state index in [1.807, 2.05) is 37.2 Å². The Morgan fingerprint density at radius 3 is 2.32 bits per heavy atom. The van der Waals surface area contributed by atoms with E-state index in [2.05, 4.69) is 0 Å². The van der Waals surface area contributed by atoms with Crippen LogP contribution in [0.4, 0.5) is 5.69 Å². The summed E-state index contributed by atoms with van der Waals surface area (Å²) >= 11 is 24.8. The Morgan fingerprint density at radius 1 is 1.11 bits per heavy atom. The molecule has 0 saturated carbocycles. The minimum atomic E-state index is -0.272. The van der Waals surface area contributed by atoms with Crippen molar-refractivity contribution < 1.29 is 0 Å². The Kier molecular flexibility index (Phi) is 4.73. The summed E-state index contributed by atoms with van der Waals surface area (Å²) in [7, 11) is 3.89. The lowest BCUT2D eigenvalue weighted by molar-refractivity contribution is 0.843. The Labute approximate surface area is 133 Å². The van der Waals surface area contributed by atoms with Gasteiger partial charge in [0.15, 0.2) is 0 Å². The Morgan fingerprint density at radius 2 is 1.79 bits per heavy atom. The highest BCUT2D eigenvalue weighted by Crippen LogP contribution is 2.41. The molecule has 1 aliphatic rings. The van der Waals surface area contributed by atoms with Crippen LogP contribution in [0.15, 0.2) is 40.4 Å². The van der Waals surface area contributed by atoms with Crippen LogP contribution in [-0.2, 0) is 0 Å². The third-order valence-corrected chi connectivity index (χ3v) is 4.28. The second-order valence-electron chi connectivity index (χ2n) is 4.61. The molecule has 2 rings (SSSR count). The molecular weight excluding hydrogens is 324 g/mol. The van der Waals surface area contributed by atoms with Crippen molar-refractivity contribution in [3.05, 3.63) is 51.0 Å². The first-order valence-corrected chi connectivity index (χ1v) is 7.32. The molecule has 0 N–H and O–H groups in total. The zero-order chi connectivity index (χ0) is 14.2. The molecule has 1 aromatic carbocycles. The first kappa shape index (κ1) is 15.1. The van der Waals surface area contributed by atoms with E-state index in [1.54, 1.807) is 12.2 Å². The van der Waals surface area contributed by atoms with E-state index in [1.165, 1.54) is 0 Å². The number of hydrogen-bond acceptors (Lipinski definition) is 1. The fraction of sp³-hybridized carbons (Fsp3) is 0.286. The molecule has 2 atom stereocenters. The van der Waals surface area contributed by atoms with Crippen LogP contribution in [0, 0.1) is 0 Å². The molecule has 0 aromatic heterocycles. The minimum absolute atomic E-state index is 0.112. The minimum Gasteiger partial charge on any atom is -0.376 e. The van der Waals surface area contributed by atoms with Crippen LogP contribution < -0.4 is 4.90 Å². The maximum absolute atomic E-state index is 6.32. The van der Waals surface area contributed by atoms with Crippen molar-refractivity contribution in [1.29, 1.82) is 0 Å². The quantitative estimate of drug-likeness (QED) is 0.657. The molecule has 2 unspecified atom stereocenters. The van der Waals surface area contributed by atoms with E-state index >= 15 is 0 Å². The number of benzene rings is 1. The van der Waals surface area contributed by atoms with Gasteiger partial charge in [0, 0.05) is 30.1 Å². The van der Waals surface area contributed by atoms with E-state index in [-0.39, 0.29) is 11.3 Å². The largest absolute Gasteiger partial charge is 0.376 e. The SMILES string of the molecule is CN(C)c1ccc(C2C(Cl)=CC(Cl)=CC2Cl)cc1Cl. The molecule has 0 aliphatic heterocycles. The van der Waals surface area contributed by atoms with Gasteiger partial charge in [-0.3, -0.25) is 0 Å². The molecular formula is C14H13Cl4N. The molecule has 0 bridgehead atoms. The Bertz CT molecular complexity index is 548. The molecule has 102 valence electrons. The summed E-state index contributed by atoms with van der Waals surface area (Å²) in [5, 5.41) is 1.60. The van der Waals surface area contributed by atoms with Crippen LogP contribution in [0.5, 0.6) is 0 Å². The van der Waals surface area contributed by atoms with Gasteiger partial charge in [0.05, 0.1) is 16.1 Å². The number of rotatable bonds is 2. The monoisotopic (exact) mass is 335 g/mol. The van der Waals surface area contributed by atoms with Gasteiger partial charge in [-0.25, -0.2) is 0 Å². The molecule has 0 radical (unpaired) electrons. The lowest BCUT2D eigenvalue weighted by Gasteiger charge is -2.25. The number of anilines is 1. The molecule has 0 heterocycles. The van der Waals surface area contributed by atoms with E-state index in [0.29, 0.717) is 15.1 Å². The summed E-state index contributed by atoms with van der Waals surface area (Å²) in [6.07, 6.45) is 3.51. The predicted octanol–water partition coefficient (Wildman–Crippen LogP) is 5.36. The third-order valence-electron chi connectivity index (χ3n) is 3.02. The van der Waals surface area contributed by atoms with Gasteiger partial charge < -0.3 is 4.90 Å². The number of allylic oxidation sites excluding steroid dienone is 4. The van der Waals surface area contributed by atoms with Gasteiger partial charge >= 0.3 is 0 Å². The third kappa shape index (κ3) is 3.22. The summed E-state index contributed by atoms with van der Waals surface area (Å²) in [4.78, 5) is 1.96. The van der Waals surface area contributed by atoms with Crippen molar-refractivity contribution in [2.24, 2.45) is 0 Å². The molecule has 5 heteroatoms. The zero-order valence-electron chi connectivity index (χ0n) is 10.5. The van der Waals surface area contributed by atoms with Crippen molar-refractivity contribution in [2.45, 2.75) is 11.3 Å². The van der Waals surface area contributed by atoms with E-state index in [4.69, 9.17) is 46.4 Å². The van der Waals surface area contributed by atoms with Gasteiger partial charge in [-0.15, -0.1) is 11.6 Å². The van der Waals surface area contributed by atoms with Crippen LogP contribution in [0.2, 0.25) is 5.02 Å². The highest BCUT2D eigenvalue weighted by molar-refractivity contribution is 6.37. The van der Waals surface area contributed by atoms with Crippen LogP contribution in [-0.4, -0.2) is 19.5 Å². The van der Waals surface area contributed by atoms with E-state index < -0.39 is 0 Å². The zero-order valence-corrected chi connectivity index (χ0v) is 13.5. The van der Waals surface area contributed by atoms with Crippen LogP contribution in [0.3, 0.4) is 0 Å². The van der Waals surface area contributed by atoms with Crippen molar-refractivity contribution in [1.82, 2.24) is 0 Å². The normalized spacial score (nSPS) is 22.8. The average molecular weight is 337 g/mol. The molecule has 1 nitrogen and oxygen atoms in total. The van der Waals surface area contributed by atoms with Gasteiger partial charge in [0.1, 0.15) is 0 Å². The molecule has 0 saturated heterocycles. The number of hydrogen-bond donors (Lipinski definition) is 0. The van der Waals surface area contributed by atoms with Crippen LogP contribution >= 0.6 is 46.4 Å². The molecule has 1 aromatic rings. The molecule has 1 aliphatic carbocycles. The number of nitrogens with zero attached hydrogens (tertiary/aromatic N) is 1. The summed E-state index contributed by atoms with van der Waals surface area (Å²) in [6, 6.07) is 5.86. The maximum atomic E-state index is 6.32. The van der Waals surface area contributed by atoms with Crippen molar-refractivity contribution in [3.63, 3.8) is 0 Å². The second-order valence-corrected chi connectivity index (χ2v) is 6.39. The van der Waals surface area contributed by atoms with Crippen molar-refractivity contribution in [3.8, 4) is 0 Å². The van der Waals surface area contributed by atoms with Crippen molar-refractivity contribution in [2.75, 3.05) is 19.0 Å². The van der Waals surface area contributed by atoms with E-state index in [0.717, 1.165) is 11.3 Å². The molecule has 0 spiro atoms. The second kappa shape index (κ2) is 5.97. The number of alkyl halides is 1. The average Bonchev–Trinajstić information content (AvgIpc) is 2.26. The first-order valence-electron chi connectivity index (χ1n) is 5.75. The smallest absolute Gasteiger partial charge is 0.0651 e. The highest BCUT2D eigenvalue weighted by Gasteiger charge is 2.27. The maximum Gasteiger partial charge on any atom is 0.0651 e. The summed E-state index contributed by atoms with van der Waals surface area (Å²) < 4.78 is 0. The summed E-state index contributed by atoms with van der Waals surface area (Å²) in [6.45, 7) is 0. The molecule has 0 fully saturated rings. The first-order chi connectivity index (χ1) is 8.90. The number of halogens is 4. The topological polar surface area (TPSA) is 3.24 Å². The van der Waals surface area contributed by atoms with Crippen LogP contribution in [0.25, 0.3) is 0 Å². The lowest BCUT2D eigenvalue weighted by atomic mass is 9.91. The predicted molar refractivity (Wildman–Crippen MR) is 86.0 cm³/mol. The standard InChI is InChI=1S/C14H13Cl4N/c1-19(2)13-4-3-8(5-10(13)16)14-11(17)6-9(15)7-12(14)18/h3-7,11,14H,1-2H3. The lowest BCUT2D eigenvalue weighted by Crippen LogP contribution is -2.15. The van der Waals surface area contributed by atoms with Gasteiger partial charge in [0.25, 0.3) is 0 Å². The fourth-order valence-electron chi connectivity index (χ4n) is 2.09. The van der Waals surface area contributed by atoms with E-state index in [9.17, 15) is 0 Å². The molecule has 0 amide bonds. The molecule has 19 heavy (non-hydrogen) atoms. The fourth-order valence-corrected chi connectivity index (χ4v) is 3.68. The Hall–Kier alpha value is -0.340. The summed E-state index contributed by atoms with van der Waals surface area (Å²) in [5.41, 5.74) is 1.94. The van der Waals surface area contributed by atoms with Crippen LogP contribution in [0.1, 0.15) is 11.5 Å². The van der Waals surface area contributed by atoms with Gasteiger partial charge in [-0.1, -0.05) is 40.9 Å². The highest BCUT2D eigenvalue weighted by atomic mass is 35.5. The van der Waals surface area contributed by atoms with Gasteiger partial charge in [-0.05, 0) is 29.8 Å². The van der Waals surface area contributed by atoms with Gasteiger partial charge in [-0.2, -0.15) is 0 Å². The van der Waals surface area contributed by atoms with Crippen molar-refractivity contribution >= 4 is 52.1 Å². The summed E-state index contributed by atoms with van der Waals surface area (Å²) in [5.74, 6) is -0.112.